The number of nitrogens with zero attached hydrogens (tertiary/aromatic N) is 2. The molecular formula is C13H16FN3O2S. The summed E-state index contributed by atoms with van der Waals surface area (Å²) in [7, 11) is -3.85. The highest BCUT2D eigenvalue weighted by molar-refractivity contribution is 7.92. The van der Waals surface area contributed by atoms with Crippen molar-refractivity contribution < 1.29 is 12.8 Å². The molecule has 1 aromatic carbocycles. The molecule has 5 nitrogen and oxygen atoms in total. The van der Waals surface area contributed by atoms with Crippen molar-refractivity contribution in [2.75, 3.05) is 4.72 Å². The Bertz CT molecular complexity index is 738. The lowest BCUT2D eigenvalue weighted by Crippen LogP contribution is -2.14. The maximum atomic E-state index is 13.6. The summed E-state index contributed by atoms with van der Waals surface area (Å²) in [6, 6.07) is 4.26. The highest BCUT2D eigenvalue weighted by Gasteiger charge is 2.21. The van der Waals surface area contributed by atoms with E-state index in [0.717, 1.165) is 5.56 Å². The van der Waals surface area contributed by atoms with Crippen LogP contribution < -0.4 is 4.72 Å². The Kier molecular flexibility index (Phi) is 3.80. The van der Waals surface area contributed by atoms with E-state index < -0.39 is 15.8 Å². The standard InChI is InChI=1S/C13H16FN3O2S/c1-4-17-8-13(10(3)15-17)20(18,19)16-12-7-9(2)5-6-11(12)14/h5-8,16H,4H2,1-3H3. The van der Waals surface area contributed by atoms with Gasteiger partial charge in [0.2, 0.25) is 0 Å². The maximum Gasteiger partial charge on any atom is 0.265 e. The number of aromatic nitrogens is 2. The molecule has 0 unspecified atom stereocenters. The molecule has 2 rings (SSSR count). The van der Waals surface area contributed by atoms with Gasteiger partial charge in [0.25, 0.3) is 10.0 Å². The van der Waals surface area contributed by atoms with Crippen LogP contribution in [-0.2, 0) is 16.6 Å². The average molecular weight is 297 g/mol. The van der Waals surface area contributed by atoms with Crippen LogP contribution in [0.4, 0.5) is 10.1 Å². The summed E-state index contributed by atoms with van der Waals surface area (Å²) in [6.45, 7) is 5.79. The first-order valence-electron chi connectivity index (χ1n) is 6.16. The Morgan fingerprint density at radius 3 is 2.65 bits per heavy atom. The molecule has 7 heteroatoms. The third kappa shape index (κ3) is 2.82. The first-order valence-corrected chi connectivity index (χ1v) is 7.65. The summed E-state index contributed by atoms with van der Waals surface area (Å²) >= 11 is 0. The van der Waals surface area contributed by atoms with Crippen molar-refractivity contribution in [2.45, 2.75) is 32.2 Å². The van der Waals surface area contributed by atoms with E-state index in [1.165, 1.54) is 23.0 Å². The van der Waals surface area contributed by atoms with Crippen LogP contribution in [0, 0.1) is 19.7 Å². The van der Waals surface area contributed by atoms with Gasteiger partial charge in [-0.1, -0.05) is 6.07 Å². The van der Waals surface area contributed by atoms with E-state index in [4.69, 9.17) is 0 Å². The first-order chi connectivity index (χ1) is 9.33. The van der Waals surface area contributed by atoms with Crippen LogP contribution in [0.3, 0.4) is 0 Å². The van der Waals surface area contributed by atoms with Crippen LogP contribution in [0.25, 0.3) is 0 Å². The van der Waals surface area contributed by atoms with Gasteiger partial charge in [0.1, 0.15) is 10.7 Å². The quantitative estimate of drug-likeness (QED) is 0.943. The molecule has 0 saturated carbocycles. The third-order valence-corrected chi connectivity index (χ3v) is 4.35. The van der Waals surface area contributed by atoms with E-state index in [0.29, 0.717) is 12.2 Å². The Morgan fingerprint density at radius 2 is 2.05 bits per heavy atom. The topological polar surface area (TPSA) is 64.0 Å². The van der Waals surface area contributed by atoms with E-state index in [1.807, 2.05) is 6.92 Å². The van der Waals surface area contributed by atoms with E-state index in [-0.39, 0.29) is 10.6 Å². The molecule has 20 heavy (non-hydrogen) atoms. The number of rotatable bonds is 4. The van der Waals surface area contributed by atoms with Crippen LogP contribution in [-0.4, -0.2) is 18.2 Å². The van der Waals surface area contributed by atoms with Crippen molar-refractivity contribution in [1.29, 1.82) is 0 Å². The van der Waals surface area contributed by atoms with Crippen molar-refractivity contribution in [3.63, 3.8) is 0 Å². The highest BCUT2D eigenvalue weighted by Crippen LogP contribution is 2.21. The van der Waals surface area contributed by atoms with Crippen molar-refractivity contribution in [2.24, 2.45) is 0 Å². The van der Waals surface area contributed by atoms with E-state index >= 15 is 0 Å². The number of hydrogen-bond acceptors (Lipinski definition) is 3. The molecule has 0 fully saturated rings. The van der Waals surface area contributed by atoms with Gasteiger partial charge < -0.3 is 0 Å². The molecule has 0 aliphatic rings. The van der Waals surface area contributed by atoms with Crippen LogP contribution in [0.15, 0.2) is 29.3 Å². The average Bonchev–Trinajstić information content (AvgIpc) is 2.76. The molecule has 0 amide bonds. The second kappa shape index (κ2) is 5.24. The van der Waals surface area contributed by atoms with Crippen molar-refractivity contribution in [3.8, 4) is 0 Å². The molecule has 1 heterocycles. The molecule has 108 valence electrons. The maximum absolute atomic E-state index is 13.6. The van der Waals surface area contributed by atoms with Gasteiger partial charge in [-0.25, -0.2) is 12.8 Å². The van der Waals surface area contributed by atoms with Crippen LogP contribution in [0.1, 0.15) is 18.2 Å². The predicted molar refractivity (Wildman–Crippen MR) is 74.6 cm³/mol. The minimum Gasteiger partial charge on any atom is -0.277 e. The van der Waals surface area contributed by atoms with E-state index in [1.54, 1.807) is 19.9 Å². The number of halogens is 1. The zero-order valence-electron chi connectivity index (χ0n) is 11.5. The van der Waals surface area contributed by atoms with Crippen LogP contribution >= 0.6 is 0 Å². The number of sulfonamides is 1. The molecular weight excluding hydrogens is 281 g/mol. The minimum atomic E-state index is -3.85. The fraction of sp³-hybridized carbons (Fsp3) is 0.308. The fourth-order valence-corrected chi connectivity index (χ4v) is 3.09. The van der Waals surface area contributed by atoms with Gasteiger partial charge in [0.05, 0.1) is 11.4 Å². The fourth-order valence-electron chi connectivity index (χ4n) is 1.84. The molecule has 1 aromatic heterocycles. The molecule has 0 bridgehead atoms. The zero-order chi connectivity index (χ0) is 14.9. The smallest absolute Gasteiger partial charge is 0.265 e. The number of benzene rings is 1. The largest absolute Gasteiger partial charge is 0.277 e. The van der Waals surface area contributed by atoms with Crippen molar-refractivity contribution in [1.82, 2.24) is 9.78 Å². The van der Waals surface area contributed by atoms with Gasteiger partial charge in [-0.05, 0) is 38.5 Å². The Hall–Kier alpha value is -1.89. The lowest BCUT2D eigenvalue weighted by Gasteiger charge is -2.08. The predicted octanol–water partition coefficient (Wildman–Crippen LogP) is 2.46. The molecule has 0 aliphatic carbocycles. The summed E-state index contributed by atoms with van der Waals surface area (Å²) in [5.74, 6) is -0.611. The first kappa shape index (κ1) is 14.5. The summed E-state index contributed by atoms with van der Waals surface area (Å²) in [5, 5.41) is 4.08. The van der Waals surface area contributed by atoms with Gasteiger partial charge in [0, 0.05) is 12.7 Å². The lowest BCUT2D eigenvalue weighted by molar-refractivity contribution is 0.597. The SMILES string of the molecule is CCn1cc(S(=O)(=O)Nc2cc(C)ccc2F)c(C)n1. The summed E-state index contributed by atoms with van der Waals surface area (Å²) in [5.41, 5.74) is 1.09. The van der Waals surface area contributed by atoms with E-state index in [9.17, 15) is 12.8 Å². The zero-order valence-corrected chi connectivity index (χ0v) is 12.3. The summed E-state index contributed by atoms with van der Waals surface area (Å²) < 4.78 is 42.0. The van der Waals surface area contributed by atoms with Gasteiger partial charge in [-0.3, -0.25) is 9.40 Å². The number of anilines is 1. The summed E-state index contributed by atoms with van der Waals surface area (Å²) in [6.07, 6.45) is 1.44. The normalized spacial score (nSPS) is 11.6. The molecule has 0 aliphatic heterocycles. The molecule has 1 N–H and O–H groups in total. The molecule has 0 radical (unpaired) electrons. The molecule has 0 saturated heterocycles. The highest BCUT2D eigenvalue weighted by atomic mass is 32.2. The number of hydrogen-bond donors (Lipinski definition) is 1. The van der Waals surface area contributed by atoms with Gasteiger partial charge in [-0.2, -0.15) is 5.10 Å². The lowest BCUT2D eigenvalue weighted by atomic mass is 10.2. The number of nitrogens with one attached hydrogen (secondary N) is 1. The van der Waals surface area contributed by atoms with Gasteiger partial charge in [-0.15, -0.1) is 0 Å². The van der Waals surface area contributed by atoms with Crippen molar-refractivity contribution in [3.05, 3.63) is 41.5 Å². The number of aryl methyl sites for hydroxylation is 3. The van der Waals surface area contributed by atoms with Crippen LogP contribution in [0.2, 0.25) is 0 Å². The van der Waals surface area contributed by atoms with Gasteiger partial charge >= 0.3 is 0 Å². The Balaban J connectivity index is 2.40. The Labute approximate surface area is 117 Å². The second-order valence-electron chi connectivity index (χ2n) is 4.52. The van der Waals surface area contributed by atoms with E-state index in [2.05, 4.69) is 9.82 Å². The molecule has 0 atom stereocenters. The Morgan fingerprint density at radius 1 is 1.35 bits per heavy atom. The summed E-state index contributed by atoms with van der Waals surface area (Å²) in [4.78, 5) is 0.0558. The molecule has 0 spiro atoms. The van der Waals surface area contributed by atoms with Gasteiger partial charge in [0.15, 0.2) is 0 Å². The third-order valence-electron chi connectivity index (χ3n) is 2.88. The van der Waals surface area contributed by atoms with Crippen LogP contribution in [0.5, 0.6) is 0 Å². The van der Waals surface area contributed by atoms with Crippen molar-refractivity contribution >= 4 is 15.7 Å². The second-order valence-corrected chi connectivity index (χ2v) is 6.17. The minimum absolute atomic E-state index is 0.0558. The molecule has 2 aromatic rings. The monoisotopic (exact) mass is 297 g/mol.